The van der Waals surface area contributed by atoms with Gasteiger partial charge >= 0.3 is 0 Å². The lowest BCUT2D eigenvalue weighted by Gasteiger charge is -2.35. The lowest BCUT2D eigenvalue weighted by atomic mass is 9.85. The molecule has 2 aliphatic carbocycles. The van der Waals surface area contributed by atoms with E-state index in [9.17, 15) is 24.0 Å². The van der Waals surface area contributed by atoms with E-state index in [0.717, 1.165) is 41.7 Å². The third kappa shape index (κ3) is 7.99. The zero-order valence-electron chi connectivity index (χ0n) is 31.1. The number of Topliss-reactive ketones (excluding diaryl/α,β-unsaturated/α-hetero) is 1. The number of ketones is 1. The summed E-state index contributed by atoms with van der Waals surface area (Å²) in [5.41, 5.74) is 1.82. The molecular formula is C38H55N5O7. The van der Waals surface area contributed by atoms with Crippen LogP contribution in [0, 0.1) is 42.9 Å². The molecule has 0 radical (unpaired) electrons. The molecule has 3 fully saturated rings. The summed E-state index contributed by atoms with van der Waals surface area (Å²) in [5.74, 6) is -1.03. The van der Waals surface area contributed by atoms with Crippen LogP contribution in [0.3, 0.4) is 0 Å². The summed E-state index contributed by atoms with van der Waals surface area (Å²) in [7, 11) is 1.38. The number of rotatable bonds is 13. The van der Waals surface area contributed by atoms with Crippen molar-refractivity contribution in [3.8, 4) is 5.75 Å². The first-order valence-electron chi connectivity index (χ1n) is 18.1. The average molecular weight is 694 g/mol. The third-order valence-electron chi connectivity index (χ3n) is 10.7. The Morgan fingerprint density at radius 3 is 2.26 bits per heavy atom. The summed E-state index contributed by atoms with van der Waals surface area (Å²) in [6, 6.07) is 1.05. The Bertz CT molecular complexity index is 1540. The first kappa shape index (κ1) is 37.3. The molecule has 1 saturated heterocycles. The Balaban J connectivity index is 1.43. The first-order chi connectivity index (χ1) is 23.5. The van der Waals surface area contributed by atoms with Gasteiger partial charge in [-0.15, -0.1) is 0 Å². The molecule has 6 atom stereocenters. The maximum atomic E-state index is 14.6. The Morgan fingerprint density at radius 2 is 1.72 bits per heavy atom. The van der Waals surface area contributed by atoms with Crippen LogP contribution in [0.5, 0.6) is 5.75 Å². The van der Waals surface area contributed by atoms with Gasteiger partial charge in [0, 0.05) is 31.4 Å². The van der Waals surface area contributed by atoms with E-state index in [0.29, 0.717) is 31.1 Å². The summed E-state index contributed by atoms with van der Waals surface area (Å²) in [4.78, 5) is 75.4. The van der Waals surface area contributed by atoms with Crippen molar-refractivity contribution in [2.45, 2.75) is 118 Å². The molecule has 4 amide bonds. The second-order valence-corrected chi connectivity index (χ2v) is 16.3. The zero-order valence-corrected chi connectivity index (χ0v) is 31.1. The number of aryl methyl sites for hydroxylation is 2. The highest BCUT2D eigenvalue weighted by Gasteiger charge is 2.56. The molecule has 1 unspecified atom stereocenters. The molecule has 1 aromatic carbocycles. The molecule has 274 valence electrons. The minimum Gasteiger partial charge on any atom is -0.493 e. The number of oxime groups is 1. The monoisotopic (exact) mass is 693 g/mol. The van der Waals surface area contributed by atoms with Gasteiger partial charge in [-0.3, -0.25) is 24.0 Å². The summed E-state index contributed by atoms with van der Waals surface area (Å²) < 4.78 is 5.83. The number of benzene rings is 1. The van der Waals surface area contributed by atoms with Crippen molar-refractivity contribution in [2.75, 3.05) is 20.2 Å². The maximum absolute atomic E-state index is 14.6. The number of nitrogens with zero attached hydrogens (tertiary/aromatic N) is 2. The standard InChI is InChI=1S/C38H55N5O7/c1-10-49-31-21(4)13-24(14-22(31)5)28-17-38(50-42-28)18-29(34(46)40-27(15-23-11-12-23)30(44)35(47)39-9)43(19-38)36(48)32(37(6,7)8)41-33(45)26-16-25(26)20(2)3/h13-14,20,23,25-27,29,32H,10-12,15-19H2,1-9H3,(H,39,47)(H,40,46)(H,41,45)/t25-,26?,27-,29-,32+,38+/m0/s1. The Morgan fingerprint density at radius 1 is 1.06 bits per heavy atom. The van der Waals surface area contributed by atoms with Crippen LogP contribution in [0.1, 0.15) is 96.8 Å². The van der Waals surface area contributed by atoms with E-state index in [4.69, 9.17) is 9.57 Å². The Kier molecular flexibility index (Phi) is 10.7. The fraction of sp³-hybridized carbons (Fsp3) is 0.684. The molecule has 5 rings (SSSR count). The van der Waals surface area contributed by atoms with E-state index < -0.39 is 52.6 Å². The van der Waals surface area contributed by atoms with Crippen LogP contribution in [0.15, 0.2) is 17.3 Å². The minimum atomic E-state index is -1.02. The van der Waals surface area contributed by atoms with E-state index in [1.807, 2.05) is 53.7 Å². The molecule has 4 aliphatic rings. The fourth-order valence-corrected chi connectivity index (χ4v) is 7.56. The van der Waals surface area contributed by atoms with E-state index in [1.165, 1.54) is 11.9 Å². The topological polar surface area (TPSA) is 156 Å². The van der Waals surface area contributed by atoms with Gasteiger partial charge in [-0.05, 0) is 80.0 Å². The molecule has 50 heavy (non-hydrogen) atoms. The molecule has 2 aliphatic heterocycles. The molecule has 0 bridgehead atoms. The predicted molar refractivity (Wildman–Crippen MR) is 188 cm³/mol. The number of likely N-dealkylation sites (N-methyl/N-ethyl adjacent to an activating group) is 1. The second-order valence-electron chi connectivity index (χ2n) is 16.3. The van der Waals surface area contributed by atoms with Gasteiger partial charge in [-0.25, -0.2) is 0 Å². The fourth-order valence-electron chi connectivity index (χ4n) is 7.56. The molecule has 0 aromatic heterocycles. The number of ether oxygens (including phenoxy) is 1. The molecule has 2 saturated carbocycles. The Labute approximate surface area is 295 Å². The normalized spacial score (nSPS) is 25.4. The van der Waals surface area contributed by atoms with Crippen molar-refractivity contribution >= 4 is 35.1 Å². The number of hydrogen-bond acceptors (Lipinski definition) is 8. The first-order valence-corrected chi connectivity index (χ1v) is 18.1. The SMILES string of the molecule is CCOc1c(C)cc(C2=NO[C@]3(C2)C[C@@H](C(=O)N[C@@H](CC2CC2)C(=O)C(=O)NC)N(C(=O)[C@@H](NC(=O)C2C[C@H]2C(C)C)C(C)(C)C)C3)cc1C. The lowest BCUT2D eigenvalue weighted by molar-refractivity contribution is -0.145. The maximum Gasteiger partial charge on any atom is 0.289 e. The van der Waals surface area contributed by atoms with Gasteiger partial charge in [0.15, 0.2) is 5.60 Å². The highest BCUT2D eigenvalue weighted by atomic mass is 16.7. The summed E-state index contributed by atoms with van der Waals surface area (Å²) in [6.07, 6.45) is 3.46. The zero-order chi connectivity index (χ0) is 36.7. The van der Waals surface area contributed by atoms with Gasteiger partial charge in [-0.2, -0.15) is 0 Å². The minimum absolute atomic E-state index is 0.0586. The van der Waals surface area contributed by atoms with Crippen molar-refractivity contribution < 1.29 is 33.5 Å². The molecule has 1 aromatic rings. The predicted octanol–water partition coefficient (Wildman–Crippen LogP) is 3.59. The summed E-state index contributed by atoms with van der Waals surface area (Å²) in [5, 5.41) is 12.7. The molecular weight excluding hydrogens is 638 g/mol. The van der Waals surface area contributed by atoms with Crippen molar-refractivity contribution in [2.24, 2.45) is 34.2 Å². The average Bonchev–Trinajstić information content (AvgIpc) is 3.98. The highest BCUT2D eigenvalue weighted by Crippen LogP contribution is 2.45. The van der Waals surface area contributed by atoms with Gasteiger partial charge in [0.05, 0.1) is 24.9 Å². The summed E-state index contributed by atoms with van der Waals surface area (Å²) >= 11 is 0. The largest absolute Gasteiger partial charge is 0.493 e. The third-order valence-corrected chi connectivity index (χ3v) is 10.7. The van der Waals surface area contributed by atoms with Gasteiger partial charge < -0.3 is 30.4 Å². The highest BCUT2D eigenvalue weighted by molar-refractivity contribution is 6.38. The van der Waals surface area contributed by atoms with Gasteiger partial charge in [-0.1, -0.05) is 52.6 Å². The molecule has 3 N–H and O–H groups in total. The number of likely N-dealkylation sites (tertiary alicyclic amines) is 1. The van der Waals surface area contributed by atoms with Crippen LogP contribution >= 0.6 is 0 Å². The quantitative estimate of drug-likeness (QED) is 0.267. The van der Waals surface area contributed by atoms with Gasteiger partial charge in [0.1, 0.15) is 17.8 Å². The Hall–Kier alpha value is -3.96. The molecule has 2 heterocycles. The van der Waals surface area contributed by atoms with Crippen LogP contribution < -0.4 is 20.7 Å². The van der Waals surface area contributed by atoms with E-state index in [1.54, 1.807) is 0 Å². The van der Waals surface area contributed by atoms with Crippen LogP contribution in [0.25, 0.3) is 0 Å². The number of amides is 4. The smallest absolute Gasteiger partial charge is 0.289 e. The molecule has 12 nitrogen and oxygen atoms in total. The van der Waals surface area contributed by atoms with Crippen LogP contribution in [-0.2, 0) is 28.8 Å². The van der Waals surface area contributed by atoms with Crippen molar-refractivity contribution in [3.05, 3.63) is 28.8 Å². The van der Waals surface area contributed by atoms with Crippen LogP contribution in [0.4, 0.5) is 0 Å². The van der Waals surface area contributed by atoms with Crippen LogP contribution in [0.2, 0.25) is 0 Å². The van der Waals surface area contributed by atoms with Crippen molar-refractivity contribution in [1.29, 1.82) is 0 Å². The van der Waals surface area contributed by atoms with Crippen molar-refractivity contribution in [3.63, 3.8) is 0 Å². The molecule has 1 spiro atoms. The van der Waals surface area contributed by atoms with E-state index >= 15 is 0 Å². The van der Waals surface area contributed by atoms with Gasteiger partial charge in [0.2, 0.25) is 23.5 Å². The van der Waals surface area contributed by atoms with E-state index in [2.05, 4.69) is 35.0 Å². The van der Waals surface area contributed by atoms with Crippen molar-refractivity contribution in [1.82, 2.24) is 20.9 Å². The molecule has 12 heteroatoms. The number of carbonyl (C=O) groups excluding carboxylic acids is 5. The number of nitrogens with one attached hydrogen (secondary N) is 3. The lowest BCUT2D eigenvalue weighted by Crippen LogP contribution is -2.59. The number of carbonyl (C=O) groups is 5. The van der Waals surface area contributed by atoms with E-state index in [-0.39, 0.29) is 36.6 Å². The second kappa shape index (κ2) is 14.3. The van der Waals surface area contributed by atoms with Gasteiger partial charge in [0.25, 0.3) is 5.91 Å². The number of hydrogen-bond donors (Lipinski definition) is 3. The van der Waals surface area contributed by atoms with Crippen LogP contribution in [-0.4, -0.2) is 83.9 Å². The summed E-state index contributed by atoms with van der Waals surface area (Å²) in [6.45, 7) is 16.4.